The zero-order chi connectivity index (χ0) is 21.3. The van der Waals surface area contributed by atoms with E-state index in [0.717, 1.165) is 28.7 Å². The molecule has 0 saturated heterocycles. The number of hydrogen-bond donors (Lipinski definition) is 0. The van der Waals surface area contributed by atoms with Gasteiger partial charge in [0.15, 0.2) is 5.13 Å². The van der Waals surface area contributed by atoms with E-state index in [4.69, 9.17) is 4.42 Å². The second-order valence-corrected chi connectivity index (χ2v) is 8.58. The summed E-state index contributed by atoms with van der Waals surface area (Å²) < 4.78 is 6.40. The van der Waals surface area contributed by atoms with E-state index in [1.807, 2.05) is 45.3 Å². The van der Waals surface area contributed by atoms with Gasteiger partial charge in [0.25, 0.3) is 5.91 Å². The monoisotopic (exact) mass is 457 g/mol. The van der Waals surface area contributed by atoms with Crippen LogP contribution in [0, 0.1) is 6.92 Å². The van der Waals surface area contributed by atoms with Gasteiger partial charge in [-0.05, 0) is 63.8 Å². The number of rotatable bonds is 6. The minimum atomic E-state index is -0.631. The van der Waals surface area contributed by atoms with Gasteiger partial charge in [0.05, 0.1) is 10.2 Å². The summed E-state index contributed by atoms with van der Waals surface area (Å²) in [6, 6.07) is 14.8. The van der Waals surface area contributed by atoms with Crippen LogP contribution in [-0.4, -0.2) is 43.0 Å². The van der Waals surface area contributed by atoms with Crippen LogP contribution in [0.3, 0.4) is 0 Å². The van der Waals surface area contributed by atoms with Gasteiger partial charge in [0.2, 0.25) is 0 Å². The third-order valence-corrected chi connectivity index (χ3v) is 5.91. The van der Waals surface area contributed by atoms with Crippen LogP contribution in [0.5, 0.6) is 0 Å². The average molecular weight is 458 g/mol. The molecule has 2 aromatic carbocycles. The molecule has 0 bridgehead atoms. The maximum Gasteiger partial charge on any atom is 0.349 e. The van der Waals surface area contributed by atoms with Crippen molar-refractivity contribution in [1.29, 1.82) is 0 Å². The van der Waals surface area contributed by atoms with E-state index < -0.39 is 5.63 Å². The Bertz CT molecular complexity index is 1280. The number of halogens is 1. The first-order valence-electron chi connectivity index (χ1n) is 9.79. The number of amides is 1. The Morgan fingerprint density at radius 1 is 1.10 bits per heavy atom. The molecule has 1 amide bonds. The van der Waals surface area contributed by atoms with Crippen LogP contribution in [0.4, 0.5) is 5.13 Å². The van der Waals surface area contributed by atoms with Crippen molar-refractivity contribution in [2.45, 2.75) is 13.3 Å². The number of aryl methyl sites for hydroxylation is 1. The minimum absolute atomic E-state index is 0. The Morgan fingerprint density at radius 3 is 2.65 bits per heavy atom. The summed E-state index contributed by atoms with van der Waals surface area (Å²) >= 11 is 1.46. The fourth-order valence-corrected chi connectivity index (χ4v) is 4.41. The molecule has 0 unspecified atom stereocenters. The second kappa shape index (κ2) is 9.60. The number of anilines is 1. The molecular weight excluding hydrogens is 434 g/mol. The summed E-state index contributed by atoms with van der Waals surface area (Å²) in [5.74, 6) is -0.385. The van der Waals surface area contributed by atoms with Crippen LogP contribution >= 0.6 is 23.7 Å². The lowest BCUT2D eigenvalue weighted by Crippen LogP contribution is -2.36. The first-order chi connectivity index (χ1) is 14.4. The predicted molar refractivity (Wildman–Crippen MR) is 129 cm³/mol. The lowest BCUT2D eigenvalue weighted by atomic mass is 10.1. The van der Waals surface area contributed by atoms with Crippen molar-refractivity contribution in [2.24, 2.45) is 0 Å². The number of fused-ring (bicyclic) bond motifs is 2. The molecular formula is C23H24ClN3O3S. The average Bonchev–Trinajstić information content (AvgIpc) is 3.12. The van der Waals surface area contributed by atoms with Gasteiger partial charge in [-0.2, -0.15) is 0 Å². The SMILES string of the molecule is Cc1ccc2nc(N(CCCN(C)C)C(=O)c3cc4ccccc4oc3=O)sc2c1.Cl. The van der Waals surface area contributed by atoms with Crippen molar-refractivity contribution >= 4 is 56.0 Å². The molecule has 6 nitrogen and oxygen atoms in total. The van der Waals surface area contributed by atoms with Crippen molar-refractivity contribution in [3.05, 3.63) is 70.1 Å². The highest BCUT2D eigenvalue weighted by molar-refractivity contribution is 7.22. The Labute approximate surface area is 190 Å². The van der Waals surface area contributed by atoms with Crippen LogP contribution in [0.15, 0.2) is 57.7 Å². The molecule has 4 rings (SSSR count). The third-order valence-electron chi connectivity index (χ3n) is 4.87. The molecule has 8 heteroatoms. The quantitative estimate of drug-likeness (QED) is 0.391. The molecule has 0 saturated carbocycles. The van der Waals surface area contributed by atoms with E-state index in [2.05, 4.69) is 16.0 Å². The smallest absolute Gasteiger partial charge is 0.349 e. The number of thiazole rings is 1. The van der Waals surface area contributed by atoms with Crippen molar-refractivity contribution in [2.75, 3.05) is 32.1 Å². The summed E-state index contributed by atoms with van der Waals surface area (Å²) in [5.41, 5.74) is 1.84. The summed E-state index contributed by atoms with van der Waals surface area (Å²) in [6.07, 6.45) is 0.757. The Morgan fingerprint density at radius 2 is 1.87 bits per heavy atom. The van der Waals surface area contributed by atoms with E-state index in [1.165, 1.54) is 11.3 Å². The number of para-hydroxylation sites is 1. The molecule has 2 aromatic heterocycles. The van der Waals surface area contributed by atoms with Crippen LogP contribution in [0.1, 0.15) is 22.3 Å². The molecule has 0 aliphatic rings. The second-order valence-electron chi connectivity index (χ2n) is 7.57. The molecule has 31 heavy (non-hydrogen) atoms. The number of carbonyl (C=O) groups excluding carboxylic acids is 1. The first kappa shape index (κ1) is 22.9. The van der Waals surface area contributed by atoms with E-state index in [-0.39, 0.29) is 23.9 Å². The summed E-state index contributed by atoms with van der Waals surface area (Å²) in [4.78, 5) is 34.4. The standard InChI is InChI=1S/C23H23N3O3S.ClH/c1-15-9-10-18-20(13-15)30-23(24-18)26(12-6-11-25(2)3)21(27)17-14-16-7-4-5-8-19(16)29-22(17)28;/h4-5,7-10,13-14H,6,11-12H2,1-3H3;1H. The Hall–Kier alpha value is -2.74. The molecule has 0 fully saturated rings. The number of nitrogens with zero attached hydrogens (tertiary/aromatic N) is 3. The first-order valence-corrected chi connectivity index (χ1v) is 10.6. The van der Waals surface area contributed by atoms with E-state index in [9.17, 15) is 9.59 Å². The molecule has 0 N–H and O–H groups in total. The number of aromatic nitrogens is 1. The topological polar surface area (TPSA) is 66.7 Å². The van der Waals surface area contributed by atoms with Crippen molar-refractivity contribution in [3.8, 4) is 0 Å². The van der Waals surface area contributed by atoms with Crippen LogP contribution in [0.2, 0.25) is 0 Å². The summed E-state index contributed by atoms with van der Waals surface area (Å²) in [7, 11) is 3.98. The predicted octanol–water partition coefficient (Wildman–Crippen LogP) is 4.73. The van der Waals surface area contributed by atoms with Gasteiger partial charge < -0.3 is 9.32 Å². The normalized spacial score (nSPS) is 11.1. The molecule has 0 aliphatic carbocycles. The Balaban J connectivity index is 0.00000272. The zero-order valence-corrected chi connectivity index (χ0v) is 19.3. The molecule has 0 radical (unpaired) electrons. The molecule has 0 aliphatic heterocycles. The number of carbonyl (C=O) groups is 1. The van der Waals surface area contributed by atoms with Crippen molar-refractivity contribution < 1.29 is 9.21 Å². The van der Waals surface area contributed by atoms with Gasteiger partial charge >= 0.3 is 5.63 Å². The maximum absolute atomic E-state index is 13.4. The van der Waals surface area contributed by atoms with Gasteiger partial charge in [-0.15, -0.1) is 12.4 Å². The van der Waals surface area contributed by atoms with Gasteiger partial charge in [-0.25, -0.2) is 9.78 Å². The third kappa shape index (κ3) is 4.95. The molecule has 2 heterocycles. The lowest BCUT2D eigenvalue weighted by molar-refractivity contribution is 0.0982. The number of hydrogen-bond acceptors (Lipinski definition) is 6. The maximum atomic E-state index is 13.4. The van der Waals surface area contributed by atoms with Gasteiger partial charge in [0, 0.05) is 11.9 Å². The number of benzene rings is 2. The van der Waals surface area contributed by atoms with Gasteiger partial charge in [-0.3, -0.25) is 9.69 Å². The lowest BCUT2D eigenvalue weighted by Gasteiger charge is -2.20. The zero-order valence-electron chi connectivity index (χ0n) is 17.6. The van der Waals surface area contributed by atoms with E-state index in [0.29, 0.717) is 22.6 Å². The summed E-state index contributed by atoms with van der Waals surface area (Å²) in [5, 5.41) is 1.31. The Kier molecular flexibility index (Phi) is 7.10. The van der Waals surface area contributed by atoms with Crippen molar-refractivity contribution in [1.82, 2.24) is 9.88 Å². The van der Waals surface area contributed by atoms with Gasteiger partial charge in [-0.1, -0.05) is 35.6 Å². The minimum Gasteiger partial charge on any atom is -0.422 e. The largest absolute Gasteiger partial charge is 0.422 e. The van der Waals surface area contributed by atoms with E-state index in [1.54, 1.807) is 23.1 Å². The highest BCUT2D eigenvalue weighted by Crippen LogP contribution is 2.30. The molecule has 0 spiro atoms. The molecule has 162 valence electrons. The highest BCUT2D eigenvalue weighted by atomic mass is 35.5. The molecule has 4 aromatic rings. The summed E-state index contributed by atoms with van der Waals surface area (Å²) in [6.45, 7) is 3.31. The van der Waals surface area contributed by atoms with Crippen LogP contribution in [0.25, 0.3) is 21.2 Å². The van der Waals surface area contributed by atoms with E-state index >= 15 is 0 Å². The fraction of sp³-hybridized carbons (Fsp3) is 0.261. The van der Waals surface area contributed by atoms with Gasteiger partial charge in [0.1, 0.15) is 11.1 Å². The highest BCUT2D eigenvalue weighted by Gasteiger charge is 2.24. The fourth-order valence-electron chi connectivity index (χ4n) is 3.32. The molecule has 0 atom stereocenters. The van der Waals surface area contributed by atoms with Crippen LogP contribution in [-0.2, 0) is 0 Å². The van der Waals surface area contributed by atoms with Crippen molar-refractivity contribution in [3.63, 3.8) is 0 Å². The van der Waals surface area contributed by atoms with Crippen LogP contribution < -0.4 is 10.5 Å².